The Bertz CT molecular complexity index is 1620. The van der Waals surface area contributed by atoms with Crippen LogP contribution in [0.15, 0.2) is 48.5 Å². The molecule has 0 bridgehead atoms. The van der Waals surface area contributed by atoms with Crippen molar-refractivity contribution in [1.29, 1.82) is 0 Å². The molecule has 0 radical (unpaired) electrons. The number of ether oxygens (including phenoxy) is 2. The molecule has 256 valence electrons. The van der Waals surface area contributed by atoms with Crippen molar-refractivity contribution in [2.75, 3.05) is 37.9 Å². The molecule has 3 aromatic rings. The Kier molecular flexibility index (Phi) is 11.6. The summed E-state index contributed by atoms with van der Waals surface area (Å²) in [5.74, 6) is -3.08. The minimum atomic E-state index is -4.62. The van der Waals surface area contributed by atoms with E-state index in [9.17, 15) is 32.3 Å². The molecule has 0 aliphatic heterocycles. The van der Waals surface area contributed by atoms with E-state index < -0.39 is 54.1 Å². The van der Waals surface area contributed by atoms with Gasteiger partial charge in [0.1, 0.15) is 6.04 Å². The number of hydrogen-bond acceptors (Lipinski definition) is 11. The van der Waals surface area contributed by atoms with Crippen molar-refractivity contribution in [1.82, 2.24) is 30.9 Å². The number of nitrogens with zero attached hydrogens (tertiary/aromatic N) is 3. The van der Waals surface area contributed by atoms with Gasteiger partial charge >= 0.3 is 30.0 Å². The van der Waals surface area contributed by atoms with Gasteiger partial charge < -0.3 is 36.1 Å². The highest BCUT2D eigenvalue weighted by Gasteiger charge is 2.45. The maximum absolute atomic E-state index is 12.9. The van der Waals surface area contributed by atoms with Crippen LogP contribution in [0, 0.1) is 0 Å². The lowest BCUT2D eigenvalue weighted by Gasteiger charge is -2.19. The van der Waals surface area contributed by atoms with Gasteiger partial charge in [-0.15, -0.1) is 0 Å². The zero-order valence-electron chi connectivity index (χ0n) is 25.7. The summed E-state index contributed by atoms with van der Waals surface area (Å²) in [5, 5.41) is 13.8. The van der Waals surface area contributed by atoms with Crippen LogP contribution in [0.1, 0.15) is 41.6 Å². The van der Waals surface area contributed by atoms with Crippen molar-refractivity contribution in [3.8, 4) is 6.01 Å². The first-order valence-electron chi connectivity index (χ1n) is 14.6. The van der Waals surface area contributed by atoms with Crippen molar-refractivity contribution < 1.29 is 41.8 Å². The third kappa shape index (κ3) is 10.2. The van der Waals surface area contributed by atoms with Gasteiger partial charge in [-0.05, 0) is 67.6 Å². The SMILES string of the molecule is CNC(=O)C(=O)NCCCC(NC(=O)c1ccc(Nc2nc(NC3(c4ccc(Cl)cc4)CC3)nc(OCC(F)(F)F)n2)cc1)C(=O)OC. The summed E-state index contributed by atoms with van der Waals surface area (Å²) >= 11 is 6.01. The zero-order chi connectivity index (χ0) is 34.9. The van der Waals surface area contributed by atoms with Crippen molar-refractivity contribution in [2.45, 2.75) is 43.4 Å². The zero-order valence-corrected chi connectivity index (χ0v) is 26.5. The third-order valence-electron chi connectivity index (χ3n) is 7.06. The molecule has 1 saturated carbocycles. The van der Waals surface area contributed by atoms with Crippen LogP contribution >= 0.6 is 11.6 Å². The molecule has 1 aromatic heterocycles. The lowest BCUT2D eigenvalue weighted by atomic mass is 10.1. The first-order chi connectivity index (χ1) is 22.8. The summed E-state index contributed by atoms with van der Waals surface area (Å²) in [6.07, 6.45) is -2.82. The molecular weight excluding hydrogens is 661 g/mol. The van der Waals surface area contributed by atoms with Crippen LogP contribution in [0.25, 0.3) is 0 Å². The van der Waals surface area contributed by atoms with E-state index in [1.807, 2.05) is 12.1 Å². The molecule has 1 aliphatic rings. The first-order valence-corrected chi connectivity index (χ1v) is 14.9. The molecule has 1 heterocycles. The number of esters is 1. The van der Waals surface area contributed by atoms with Gasteiger partial charge in [-0.25, -0.2) is 4.79 Å². The van der Waals surface area contributed by atoms with E-state index in [0.717, 1.165) is 18.4 Å². The molecule has 1 atom stereocenters. The summed E-state index contributed by atoms with van der Waals surface area (Å²) in [6, 6.07) is 11.4. The fourth-order valence-electron chi connectivity index (χ4n) is 4.44. The molecule has 3 amide bonds. The second-order valence-electron chi connectivity index (χ2n) is 10.6. The van der Waals surface area contributed by atoms with Gasteiger partial charge in [0.05, 0.1) is 12.6 Å². The second kappa shape index (κ2) is 15.6. The highest BCUT2D eigenvalue weighted by Crippen LogP contribution is 2.48. The molecule has 14 nitrogen and oxygen atoms in total. The van der Waals surface area contributed by atoms with Gasteiger partial charge in [0.2, 0.25) is 11.9 Å². The Morgan fingerprint density at radius 1 is 0.958 bits per heavy atom. The number of methoxy groups -OCH3 is 1. The number of nitrogens with one attached hydrogen (secondary N) is 5. The van der Waals surface area contributed by atoms with Crippen LogP contribution in [-0.4, -0.2) is 78.2 Å². The van der Waals surface area contributed by atoms with Crippen molar-refractivity contribution in [2.24, 2.45) is 0 Å². The van der Waals surface area contributed by atoms with E-state index in [2.05, 4.69) is 41.5 Å². The molecule has 5 N–H and O–H groups in total. The van der Waals surface area contributed by atoms with Crippen molar-refractivity contribution >= 4 is 52.9 Å². The van der Waals surface area contributed by atoms with Crippen LogP contribution in [0.4, 0.5) is 30.8 Å². The van der Waals surface area contributed by atoms with Gasteiger partial charge in [-0.3, -0.25) is 14.4 Å². The Morgan fingerprint density at radius 2 is 1.62 bits per heavy atom. The number of anilines is 3. The Labute approximate surface area is 277 Å². The standard InChI is InChI=1S/C30H32ClF3N8O6/c1-35-23(44)24(45)36-15-3-4-21(25(46)47-2)38-22(43)17-5-11-20(12-6-17)37-26-39-27(41-28(40-26)48-16-30(32,33)34)42-29(13-14-29)18-7-9-19(31)10-8-18/h5-12,21H,3-4,13-16H2,1-2H3,(H,35,44)(H,36,45)(H,38,43)(H2,37,39,40,41,42). The summed E-state index contributed by atoms with van der Waals surface area (Å²) < 4.78 is 48.3. The van der Waals surface area contributed by atoms with Crippen LogP contribution < -0.4 is 31.3 Å². The van der Waals surface area contributed by atoms with Crippen molar-refractivity contribution in [3.63, 3.8) is 0 Å². The van der Waals surface area contributed by atoms with E-state index in [1.54, 1.807) is 12.1 Å². The van der Waals surface area contributed by atoms with Gasteiger partial charge in [0.15, 0.2) is 6.61 Å². The first kappa shape index (κ1) is 35.7. The number of alkyl halides is 3. The summed E-state index contributed by atoms with van der Waals surface area (Å²) in [6.45, 7) is -1.53. The summed E-state index contributed by atoms with van der Waals surface area (Å²) in [7, 11) is 2.48. The van der Waals surface area contributed by atoms with Gasteiger partial charge in [0.25, 0.3) is 5.91 Å². The van der Waals surface area contributed by atoms with E-state index in [0.29, 0.717) is 10.7 Å². The lowest BCUT2D eigenvalue weighted by molar-refractivity contribution is -0.154. The number of rotatable bonds is 14. The van der Waals surface area contributed by atoms with E-state index in [-0.39, 0.29) is 36.8 Å². The molecular formula is C30H32ClF3N8O6. The van der Waals surface area contributed by atoms with Crippen LogP contribution in [0.3, 0.4) is 0 Å². The number of benzene rings is 2. The lowest BCUT2D eigenvalue weighted by Crippen LogP contribution is -2.42. The fourth-order valence-corrected chi connectivity index (χ4v) is 4.57. The minimum Gasteiger partial charge on any atom is -0.467 e. The van der Waals surface area contributed by atoms with Crippen LogP contribution in [0.2, 0.25) is 5.02 Å². The molecule has 18 heteroatoms. The molecule has 0 spiro atoms. The maximum atomic E-state index is 12.9. The highest BCUT2D eigenvalue weighted by molar-refractivity contribution is 6.35. The molecule has 1 unspecified atom stereocenters. The monoisotopic (exact) mass is 692 g/mol. The number of carbonyl (C=O) groups is 4. The number of likely N-dealkylation sites (N-methyl/N-ethyl adjacent to an activating group) is 1. The predicted molar refractivity (Wildman–Crippen MR) is 167 cm³/mol. The Hall–Kier alpha value is -5.19. The number of halogens is 4. The van der Waals surface area contributed by atoms with Crippen LogP contribution in [-0.2, 0) is 24.7 Å². The molecule has 48 heavy (non-hydrogen) atoms. The Balaban J connectivity index is 1.43. The second-order valence-corrected chi connectivity index (χ2v) is 11.0. The average Bonchev–Trinajstić information content (AvgIpc) is 3.84. The largest absolute Gasteiger partial charge is 0.467 e. The number of amides is 3. The van der Waals surface area contributed by atoms with Gasteiger partial charge in [-0.2, -0.15) is 28.1 Å². The van der Waals surface area contributed by atoms with Crippen molar-refractivity contribution in [3.05, 3.63) is 64.7 Å². The van der Waals surface area contributed by atoms with E-state index >= 15 is 0 Å². The van der Waals surface area contributed by atoms with Crippen LogP contribution in [0.5, 0.6) is 6.01 Å². The van der Waals surface area contributed by atoms with Gasteiger partial charge in [-0.1, -0.05) is 23.7 Å². The molecule has 1 fully saturated rings. The molecule has 2 aromatic carbocycles. The van der Waals surface area contributed by atoms with E-state index in [1.165, 1.54) is 38.4 Å². The minimum absolute atomic E-state index is 0.0184. The Morgan fingerprint density at radius 3 is 2.23 bits per heavy atom. The normalized spacial score (nSPS) is 13.8. The van der Waals surface area contributed by atoms with Gasteiger partial charge in [0, 0.05) is 29.9 Å². The number of hydrogen-bond donors (Lipinski definition) is 5. The molecule has 0 saturated heterocycles. The number of aromatic nitrogens is 3. The predicted octanol–water partition coefficient (Wildman–Crippen LogP) is 3.22. The topological polar surface area (TPSA) is 186 Å². The fraction of sp³-hybridized carbons (Fsp3) is 0.367. The molecule has 1 aliphatic carbocycles. The number of carbonyl (C=O) groups excluding carboxylic acids is 4. The summed E-state index contributed by atoms with van der Waals surface area (Å²) in [4.78, 5) is 60.4. The highest BCUT2D eigenvalue weighted by atomic mass is 35.5. The van der Waals surface area contributed by atoms with E-state index in [4.69, 9.17) is 21.1 Å². The average molecular weight is 693 g/mol. The maximum Gasteiger partial charge on any atom is 0.422 e. The smallest absolute Gasteiger partial charge is 0.422 e. The molecule has 4 rings (SSSR count). The third-order valence-corrected chi connectivity index (χ3v) is 7.31. The summed E-state index contributed by atoms with van der Waals surface area (Å²) in [5.41, 5.74) is 0.908. The quantitative estimate of drug-likeness (QED) is 0.0949.